The second kappa shape index (κ2) is 16.1. The Hall–Kier alpha value is -5.45. The summed E-state index contributed by atoms with van der Waals surface area (Å²) in [5.41, 5.74) is 8.39. The number of allylic oxidation sites excluding steroid dienone is 1. The van der Waals surface area contributed by atoms with Crippen molar-refractivity contribution in [3.05, 3.63) is 125 Å². The first-order valence-electron chi connectivity index (χ1n) is 19.5. The molecule has 0 spiro atoms. The molecule has 10 nitrogen and oxygen atoms in total. The van der Waals surface area contributed by atoms with Crippen molar-refractivity contribution in [2.45, 2.75) is 63.8 Å². The van der Waals surface area contributed by atoms with Gasteiger partial charge in [0.15, 0.2) is 0 Å². The van der Waals surface area contributed by atoms with E-state index < -0.39 is 6.04 Å². The SMILES string of the molecule is CC/C(=C(\c1ccc(O)cc1)c1ccc(OCC2CCC(CN3CCN(c4ccc5c(c4)CN(C4CCC(=O)NC4=O)C5=O)CC3)O2)cc1)c1ccccc1. The van der Waals surface area contributed by atoms with Gasteiger partial charge in [-0.15, -0.1) is 0 Å². The number of carbonyl (C=O) groups is 3. The third kappa shape index (κ3) is 8.02. The molecule has 2 N–H and O–H groups in total. The fraction of sp³-hybridized carbons (Fsp3) is 0.356. The number of benzene rings is 4. The van der Waals surface area contributed by atoms with Crippen LogP contribution in [0.25, 0.3) is 11.1 Å². The molecule has 284 valence electrons. The summed E-state index contributed by atoms with van der Waals surface area (Å²) in [6.45, 7) is 7.59. The number of aromatic hydroxyl groups is 1. The van der Waals surface area contributed by atoms with E-state index in [0.717, 1.165) is 85.7 Å². The first kappa shape index (κ1) is 36.5. The van der Waals surface area contributed by atoms with E-state index in [4.69, 9.17) is 9.47 Å². The molecule has 3 atom stereocenters. The lowest BCUT2D eigenvalue weighted by Gasteiger charge is -2.37. The summed E-state index contributed by atoms with van der Waals surface area (Å²) in [7, 11) is 0. The Morgan fingerprint density at radius 2 is 1.53 bits per heavy atom. The molecule has 0 saturated carbocycles. The first-order valence-corrected chi connectivity index (χ1v) is 19.5. The van der Waals surface area contributed by atoms with Crippen molar-refractivity contribution < 1.29 is 29.0 Å². The Bertz CT molecular complexity index is 2060. The highest BCUT2D eigenvalue weighted by atomic mass is 16.5. The number of rotatable bonds is 11. The number of hydrogen-bond acceptors (Lipinski definition) is 8. The standard InChI is InChI=1S/C45H48N4O6/c1-2-39(30-6-4-3-5-7-30)43(31-8-13-35(50)14-9-31)32-10-15-36(16-11-32)54-29-38-18-17-37(55-38)28-47-22-24-48(25-23-47)34-12-19-40-33(26-34)27-49(45(40)53)41-20-21-42(51)46-44(41)52/h3-16,19,26,37-38,41,50H,2,17-18,20-25,27-29H2,1H3,(H,46,51,52)/b43-39-. The molecule has 3 amide bonds. The van der Waals surface area contributed by atoms with Crippen molar-refractivity contribution in [2.24, 2.45) is 0 Å². The van der Waals surface area contributed by atoms with Crippen LogP contribution in [-0.2, 0) is 20.9 Å². The third-order valence-electron chi connectivity index (χ3n) is 11.4. The zero-order valence-electron chi connectivity index (χ0n) is 31.3. The minimum absolute atomic E-state index is 0.0528. The van der Waals surface area contributed by atoms with E-state index in [1.54, 1.807) is 17.0 Å². The second-order valence-electron chi connectivity index (χ2n) is 14.9. The fourth-order valence-corrected chi connectivity index (χ4v) is 8.49. The maximum Gasteiger partial charge on any atom is 0.255 e. The lowest BCUT2D eigenvalue weighted by molar-refractivity contribution is -0.136. The van der Waals surface area contributed by atoms with Crippen LogP contribution in [-0.4, -0.2) is 90.2 Å². The second-order valence-corrected chi connectivity index (χ2v) is 14.9. The van der Waals surface area contributed by atoms with E-state index >= 15 is 0 Å². The predicted octanol–water partition coefficient (Wildman–Crippen LogP) is 6.27. The number of piperidine rings is 1. The van der Waals surface area contributed by atoms with Gasteiger partial charge in [-0.25, -0.2) is 0 Å². The largest absolute Gasteiger partial charge is 0.508 e. The van der Waals surface area contributed by atoms with E-state index in [0.29, 0.717) is 25.1 Å². The molecule has 4 aliphatic heterocycles. The maximum absolute atomic E-state index is 13.1. The summed E-state index contributed by atoms with van der Waals surface area (Å²) in [4.78, 5) is 43.6. The number of anilines is 1. The van der Waals surface area contributed by atoms with E-state index in [1.165, 1.54) is 11.1 Å². The fourth-order valence-electron chi connectivity index (χ4n) is 8.49. The zero-order valence-corrected chi connectivity index (χ0v) is 31.3. The summed E-state index contributed by atoms with van der Waals surface area (Å²) >= 11 is 0. The summed E-state index contributed by atoms with van der Waals surface area (Å²) in [6, 6.07) is 31.6. The summed E-state index contributed by atoms with van der Waals surface area (Å²) in [6.07, 6.45) is 3.68. The molecular weight excluding hydrogens is 693 g/mol. The normalized spacial score (nSPS) is 22.1. The molecule has 4 aromatic rings. The number of ether oxygens (including phenoxy) is 2. The van der Waals surface area contributed by atoms with Crippen LogP contribution in [0.4, 0.5) is 5.69 Å². The molecule has 0 aromatic heterocycles. The Labute approximate surface area is 322 Å². The Morgan fingerprint density at radius 3 is 2.24 bits per heavy atom. The quantitative estimate of drug-likeness (QED) is 0.137. The van der Waals surface area contributed by atoms with Crippen LogP contribution in [0.5, 0.6) is 11.5 Å². The van der Waals surface area contributed by atoms with Crippen LogP contribution in [0, 0.1) is 0 Å². The smallest absolute Gasteiger partial charge is 0.255 e. The van der Waals surface area contributed by atoms with Crippen LogP contribution in [0.1, 0.15) is 71.6 Å². The number of nitrogens with zero attached hydrogens (tertiary/aromatic N) is 3. The average molecular weight is 741 g/mol. The summed E-state index contributed by atoms with van der Waals surface area (Å²) in [5, 5.41) is 12.3. The molecule has 0 radical (unpaired) electrons. The van der Waals surface area contributed by atoms with Gasteiger partial charge >= 0.3 is 0 Å². The van der Waals surface area contributed by atoms with Crippen LogP contribution in [0.15, 0.2) is 97.1 Å². The summed E-state index contributed by atoms with van der Waals surface area (Å²) < 4.78 is 12.7. The maximum atomic E-state index is 13.1. The third-order valence-corrected chi connectivity index (χ3v) is 11.4. The van der Waals surface area contributed by atoms with Gasteiger partial charge in [-0.1, -0.05) is 61.5 Å². The average Bonchev–Trinajstić information content (AvgIpc) is 3.80. The van der Waals surface area contributed by atoms with Crippen LogP contribution in [0.3, 0.4) is 0 Å². The number of phenols is 1. The highest BCUT2D eigenvalue weighted by molar-refractivity contribution is 6.05. The molecule has 4 aliphatic rings. The Kier molecular flexibility index (Phi) is 10.7. The van der Waals surface area contributed by atoms with E-state index in [1.807, 2.05) is 42.5 Å². The lowest BCUT2D eigenvalue weighted by Crippen LogP contribution is -2.52. The van der Waals surface area contributed by atoms with Gasteiger partial charge in [-0.2, -0.15) is 0 Å². The van der Waals surface area contributed by atoms with Crippen LogP contribution >= 0.6 is 0 Å². The highest BCUT2D eigenvalue weighted by Crippen LogP contribution is 2.36. The zero-order chi connectivity index (χ0) is 37.9. The molecule has 0 aliphatic carbocycles. The minimum atomic E-state index is -0.603. The van der Waals surface area contributed by atoms with Gasteiger partial charge < -0.3 is 24.4 Å². The van der Waals surface area contributed by atoms with E-state index in [2.05, 4.69) is 64.5 Å². The van der Waals surface area contributed by atoms with E-state index in [9.17, 15) is 19.5 Å². The van der Waals surface area contributed by atoms with Gasteiger partial charge in [0.25, 0.3) is 5.91 Å². The number of phenolic OH excluding ortho intramolecular Hbond substituents is 1. The first-order chi connectivity index (χ1) is 26.8. The molecule has 3 saturated heterocycles. The van der Waals surface area contributed by atoms with Gasteiger partial charge in [0.05, 0.1) is 12.2 Å². The molecule has 4 heterocycles. The van der Waals surface area contributed by atoms with Gasteiger partial charge in [0.1, 0.15) is 24.1 Å². The van der Waals surface area contributed by atoms with Crippen molar-refractivity contribution >= 4 is 34.6 Å². The number of carbonyl (C=O) groups excluding carboxylic acids is 3. The Balaban J connectivity index is 0.821. The van der Waals surface area contributed by atoms with Crippen molar-refractivity contribution in [3.63, 3.8) is 0 Å². The van der Waals surface area contributed by atoms with Gasteiger partial charge in [0, 0.05) is 56.9 Å². The number of hydrogen-bond donors (Lipinski definition) is 2. The van der Waals surface area contributed by atoms with E-state index in [-0.39, 0.29) is 42.1 Å². The lowest BCUT2D eigenvalue weighted by atomic mass is 9.88. The molecular formula is C45H48N4O6. The minimum Gasteiger partial charge on any atom is -0.508 e. The number of amides is 3. The van der Waals surface area contributed by atoms with Gasteiger partial charge in [-0.3, -0.25) is 24.6 Å². The molecule has 4 aromatic carbocycles. The van der Waals surface area contributed by atoms with Crippen molar-refractivity contribution in [3.8, 4) is 11.5 Å². The molecule has 3 unspecified atom stereocenters. The molecule has 3 fully saturated rings. The molecule has 0 bridgehead atoms. The van der Waals surface area contributed by atoms with Gasteiger partial charge in [-0.05, 0) is 102 Å². The Morgan fingerprint density at radius 1 is 0.818 bits per heavy atom. The van der Waals surface area contributed by atoms with Crippen molar-refractivity contribution in [2.75, 3.05) is 44.2 Å². The number of imide groups is 1. The van der Waals surface area contributed by atoms with Crippen LogP contribution in [0.2, 0.25) is 0 Å². The molecule has 8 rings (SSSR count). The molecule has 10 heteroatoms. The number of fused-ring (bicyclic) bond motifs is 1. The topological polar surface area (TPSA) is 112 Å². The van der Waals surface area contributed by atoms with Crippen molar-refractivity contribution in [1.82, 2.24) is 15.1 Å². The highest BCUT2D eigenvalue weighted by Gasteiger charge is 2.39. The van der Waals surface area contributed by atoms with Crippen molar-refractivity contribution in [1.29, 1.82) is 0 Å². The van der Waals surface area contributed by atoms with Crippen LogP contribution < -0.4 is 15.0 Å². The predicted molar refractivity (Wildman–Crippen MR) is 212 cm³/mol. The van der Waals surface area contributed by atoms with Gasteiger partial charge in [0.2, 0.25) is 11.8 Å². The molecule has 55 heavy (non-hydrogen) atoms. The number of nitrogens with one attached hydrogen (secondary N) is 1. The number of piperazine rings is 1. The summed E-state index contributed by atoms with van der Waals surface area (Å²) in [5.74, 6) is 0.257. The monoisotopic (exact) mass is 740 g/mol.